The summed E-state index contributed by atoms with van der Waals surface area (Å²) >= 11 is 1.31. The second kappa shape index (κ2) is 9.59. The number of nitrogens with zero attached hydrogens (tertiary/aromatic N) is 2. The van der Waals surface area contributed by atoms with Crippen LogP contribution in [-0.2, 0) is 4.79 Å². The first kappa shape index (κ1) is 23.8. The van der Waals surface area contributed by atoms with Crippen LogP contribution in [-0.4, -0.2) is 24.1 Å². The molecule has 0 saturated carbocycles. The molecule has 7 heteroatoms. The number of para-hydroxylation sites is 1. The van der Waals surface area contributed by atoms with Crippen LogP contribution in [0.25, 0.3) is 16.8 Å². The summed E-state index contributed by atoms with van der Waals surface area (Å²) < 4.78 is 13.7. The molecule has 6 nitrogen and oxygen atoms in total. The van der Waals surface area contributed by atoms with Crippen LogP contribution in [0.2, 0.25) is 0 Å². The molecule has 0 N–H and O–H groups in total. The molecule has 0 saturated heterocycles. The maximum atomic E-state index is 13.9. The minimum absolute atomic E-state index is 0.130. The topological polar surface area (TPSA) is 69.9 Å². The van der Waals surface area contributed by atoms with Crippen molar-refractivity contribution in [1.29, 1.82) is 0 Å². The Balaban J connectivity index is 1.82. The Hall–Kier alpha value is -3.97. The Morgan fingerprint density at radius 2 is 1.83 bits per heavy atom. The molecule has 0 fully saturated rings. The summed E-state index contributed by atoms with van der Waals surface area (Å²) in [4.78, 5) is 31.9. The third-order valence-corrected chi connectivity index (χ3v) is 7.32. The number of aromatic nitrogens is 1. The van der Waals surface area contributed by atoms with E-state index in [1.807, 2.05) is 80.6 Å². The van der Waals surface area contributed by atoms with E-state index in [1.165, 1.54) is 18.3 Å². The zero-order valence-corrected chi connectivity index (χ0v) is 21.4. The maximum Gasteiger partial charge on any atom is 0.271 e. The van der Waals surface area contributed by atoms with E-state index in [0.29, 0.717) is 38.7 Å². The number of hydrogen-bond donors (Lipinski definition) is 0. The first-order valence-electron chi connectivity index (χ1n) is 11.8. The molecule has 3 aromatic carbocycles. The molecule has 1 atom stereocenters. The van der Waals surface area contributed by atoms with Crippen LogP contribution in [0.1, 0.15) is 37.9 Å². The van der Waals surface area contributed by atoms with E-state index in [2.05, 4.69) is 4.99 Å². The number of thiazole rings is 1. The summed E-state index contributed by atoms with van der Waals surface area (Å²) in [5.74, 6) is 1.19. The molecule has 1 aromatic heterocycles. The van der Waals surface area contributed by atoms with Gasteiger partial charge in [0, 0.05) is 22.4 Å². The maximum absolute atomic E-state index is 13.9. The first-order valence-corrected chi connectivity index (χ1v) is 12.6. The van der Waals surface area contributed by atoms with E-state index in [4.69, 9.17) is 9.47 Å². The van der Waals surface area contributed by atoms with Gasteiger partial charge in [-0.15, -0.1) is 0 Å². The van der Waals surface area contributed by atoms with Gasteiger partial charge in [-0.1, -0.05) is 59.9 Å². The summed E-state index contributed by atoms with van der Waals surface area (Å²) in [7, 11) is 1.59. The highest BCUT2D eigenvalue weighted by molar-refractivity contribution is 7.07. The van der Waals surface area contributed by atoms with Gasteiger partial charge in [0.1, 0.15) is 11.5 Å². The van der Waals surface area contributed by atoms with Gasteiger partial charge in [-0.25, -0.2) is 4.99 Å². The highest BCUT2D eigenvalue weighted by Crippen LogP contribution is 2.35. The predicted molar refractivity (Wildman–Crippen MR) is 143 cm³/mol. The Bertz CT molecular complexity index is 1710. The summed E-state index contributed by atoms with van der Waals surface area (Å²) in [5, 5.41) is 2.05. The third-order valence-electron chi connectivity index (χ3n) is 6.34. The molecular weight excluding hydrogens is 472 g/mol. The Morgan fingerprint density at radius 1 is 1.08 bits per heavy atom. The lowest BCUT2D eigenvalue weighted by atomic mass is 9.93. The van der Waals surface area contributed by atoms with Crippen molar-refractivity contribution >= 4 is 34.0 Å². The van der Waals surface area contributed by atoms with Crippen molar-refractivity contribution in [2.24, 2.45) is 4.99 Å². The van der Waals surface area contributed by atoms with Crippen molar-refractivity contribution in [2.75, 3.05) is 13.7 Å². The Kier molecular flexibility index (Phi) is 6.33. The normalized spacial score (nSPS) is 15.6. The predicted octanol–water partition coefficient (Wildman–Crippen LogP) is 4.38. The van der Waals surface area contributed by atoms with Gasteiger partial charge in [0.2, 0.25) is 0 Å². The number of fused-ring (bicyclic) bond motifs is 2. The summed E-state index contributed by atoms with van der Waals surface area (Å²) in [6, 6.07) is 18.8. The van der Waals surface area contributed by atoms with Crippen molar-refractivity contribution in [3.63, 3.8) is 0 Å². The van der Waals surface area contributed by atoms with E-state index in [-0.39, 0.29) is 11.3 Å². The average molecular weight is 499 g/mol. The van der Waals surface area contributed by atoms with Gasteiger partial charge >= 0.3 is 0 Å². The Labute approximate surface area is 212 Å². The van der Waals surface area contributed by atoms with Crippen molar-refractivity contribution in [2.45, 2.75) is 26.8 Å². The van der Waals surface area contributed by atoms with Crippen LogP contribution >= 0.6 is 11.3 Å². The fraction of sp³-hybridized carbons (Fsp3) is 0.207. The van der Waals surface area contributed by atoms with E-state index in [9.17, 15) is 9.59 Å². The molecule has 1 unspecified atom stereocenters. The van der Waals surface area contributed by atoms with Crippen LogP contribution in [0.3, 0.4) is 0 Å². The fourth-order valence-electron chi connectivity index (χ4n) is 4.79. The van der Waals surface area contributed by atoms with Gasteiger partial charge in [0.25, 0.3) is 5.56 Å². The molecule has 2 heterocycles. The molecule has 5 rings (SSSR count). The SMILES string of the molecule is CCOc1ccc2ccccc2c1C=c1sc2n(c1=O)C(c1ccccc1OC)C(C(C)=O)=C(C)N=2. The van der Waals surface area contributed by atoms with Gasteiger partial charge in [-0.05, 0) is 49.8 Å². The zero-order valence-electron chi connectivity index (χ0n) is 20.6. The van der Waals surface area contributed by atoms with Crippen molar-refractivity contribution in [1.82, 2.24) is 4.57 Å². The molecule has 0 spiro atoms. The molecule has 182 valence electrons. The van der Waals surface area contributed by atoms with Crippen LogP contribution in [0.5, 0.6) is 11.5 Å². The van der Waals surface area contributed by atoms with Gasteiger partial charge < -0.3 is 9.47 Å². The lowest BCUT2D eigenvalue weighted by molar-refractivity contribution is -0.114. The van der Waals surface area contributed by atoms with Gasteiger partial charge in [0.05, 0.1) is 24.3 Å². The first-order chi connectivity index (χ1) is 17.4. The second-order valence-corrected chi connectivity index (χ2v) is 9.52. The standard InChI is InChI=1S/C29H26N2O4S/c1-5-35-24-15-14-19-10-6-7-11-20(19)22(24)16-25-28(33)31-27(21-12-8-9-13-23(21)34-4)26(18(3)32)17(2)30-29(31)36-25/h6-16,27H,5H2,1-4H3. The van der Waals surface area contributed by atoms with Gasteiger partial charge in [-0.3, -0.25) is 14.2 Å². The minimum atomic E-state index is -0.629. The number of carbonyl (C=O) groups excluding carboxylic acids is 1. The summed E-state index contributed by atoms with van der Waals surface area (Å²) in [6.45, 7) is 5.77. The summed E-state index contributed by atoms with van der Waals surface area (Å²) in [6.07, 6.45) is 1.88. The lowest BCUT2D eigenvalue weighted by Gasteiger charge is -2.25. The molecule has 1 aliphatic rings. The van der Waals surface area contributed by atoms with Gasteiger partial charge in [-0.2, -0.15) is 0 Å². The van der Waals surface area contributed by atoms with Crippen LogP contribution in [0.15, 0.2) is 81.7 Å². The fourth-order valence-corrected chi connectivity index (χ4v) is 5.82. The molecule has 36 heavy (non-hydrogen) atoms. The molecule has 0 radical (unpaired) electrons. The number of methoxy groups -OCH3 is 1. The van der Waals surface area contributed by atoms with Crippen molar-refractivity contribution in [3.8, 4) is 11.5 Å². The Morgan fingerprint density at radius 3 is 2.58 bits per heavy atom. The van der Waals surface area contributed by atoms with E-state index >= 15 is 0 Å². The van der Waals surface area contributed by atoms with Crippen molar-refractivity contribution in [3.05, 3.63) is 103 Å². The third kappa shape index (κ3) is 3.95. The highest BCUT2D eigenvalue weighted by atomic mass is 32.1. The quantitative estimate of drug-likeness (QED) is 0.396. The van der Waals surface area contributed by atoms with E-state index < -0.39 is 6.04 Å². The van der Waals surface area contributed by atoms with Crippen LogP contribution < -0.4 is 24.4 Å². The molecule has 0 amide bonds. The lowest BCUT2D eigenvalue weighted by Crippen LogP contribution is -2.39. The number of hydrogen-bond acceptors (Lipinski definition) is 6. The number of allylic oxidation sites excluding steroid dienone is 2. The molecule has 0 aliphatic carbocycles. The largest absolute Gasteiger partial charge is 0.496 e. The van der Waals surface area contributed by atoms with Crippen molar-refractivity contribution < 1.29 is 14.3 Å². The number of carbonyl (C=O) groups is 1. The summed E-state index contributed by atoms with van der Waals surface area (Å²) in [5.41, 5.74) is 2.46. The van der Waals surface area contributed by atoms with E-state index in [0.717, 1.165) is 21.9 Å². The average Bonchev–Trinajstić information content (AvgIpc) is 3.18. The van der Waals surface area contributed by atoms with Crippen LogP contribution in [0, 0.1) is 0 Å². The molecule has 4 aromatic rings. The minimum Gasteiger partial charge on any atom is -0.496 e. The smallest absolute Gasteiger partial charge is 0.271 e. The number of rotatable bonds is 6. The molecular formula is C29H26N2O4S. The zero-order chi connectivity index (χ0) is 25.4. The van der Waals surface area contributed by atoms with Gasteiger partial charge in [0.15, 0.2) is 10.6 Å². The monoisotopic (exact) mass is 498 g/mol. The van der Waals surface area contributed by atoms with Crippen LogP contribution in [0.4, 0.5) is 0 Å². The number of ether oxygens (including phenoxy) is 2. The van der Waals surface area contributed by atoms with E-state index in [1.54, 1.807) is 11.7 Å². The highest BCUT2D eigenvalue weighted by Gasteiger charge is 2.32. The molecule has 1 aliphatic heterocycles. The number of Topliss-reactive ketones (excluding diaryl/α,β-unsaturated/α-hetero) is 1. The molecule has 0 bridgehead atoms. The number of benzene rings is 3. The second-order valence-electron chi connectivity index (χ2n) is 8.51. The number of ketones is 1.